The van der Waals surface area contributed by atoms with Crippen LogP contribution in [-0.4, -0.2) is 4.98 Å². The van der Waals surface area contributed by atoms with Crippen LogP contribution in [0.25, 0.3) is 66.7 Å². The lowest BCUT2D eigenvalue weighted by Crippen LogP contribution is -2.10. The lowest BCUT2D eigenvalue weighted by Gasteiger charge is -2.26. The predicted molar refractivity (Wildman–Crippen MR) is 208 cm³/mol. The topological polar surface area (TPSA) is 29.3 Å². The highest BCUT2D eigenvalue weighted by atomic mass is 16.3. The normalized spacial score (nSPS) is 11.2. The Morgan fingerprint density at radius 2 is 0.840 bits per heavy atom. The van der Waals surface area contributed by atoms with Gasteiger partial charge in [-0.25, -0.2) is 4.98 Å². The van der Waals surface area contributed by atoms with Crippen molar-refractivity contribution in [2.45, 2.75) is 0 Å². The summed E-state index contributed by atoms with van der Waals surface area (Å²) >= 11 is 0. The number of oxazole rings is 1. The molecule has 1 aromatic heterocycles. The standard InChI is InChI=1S/C47H32N2O/c1-4-11-33(12-5-1)35-21-26-41(27-22-35)49(43-18-10-17-39(31-43)34-13-6-2-7-14-34)42-28-23-36(24-29-42)40-20-19-37-25-30-45-46(44(37)32-40)50-47(48-45)38-15-8-3-9-16-38/h1-32H. The smallest absolute Gasteiger partial charge is 0.227 e. The van der Waals surface area contributed by atoms with Crippen molar-refractivity contribution in [1.82, 2.24) is 4.98 Å². The molecule has 0 radical (unpaired) electrons. The third-order valence-corrected chi connectivity index (χ3v) is 9.30. The van der Waals surface area contributed by atoms with E-state index >= 15 is 0 Å². The van der Waals surface area contributed by atoms with E-state index in [4.69, 9.17) is 9.40 Å². The Bertz CT molecular complexity index is 2560. The molecule has 8 aromatic carbocycles. The minimum atomic E-state index is 0.635. The van der Waals surface area contributed by atoms with Gasteiger partial charge in [0.2, 0.25) is 5.89 Å². The average Bonchev–Trinajstić information content (AvgIpc) is 3.65. The van der Waals surface area contributed by atoms with Crippen molar-refractivity contribution in [2.75, 3.05) is 4.90 Å². The van der Waals surface area contributed by atoms with Crippen molar-refractivity contribution in [3.8, 4) is 44.8 Å². The lowest BCUT2D eigenvalue weighted by molar-refractivity contribution is 0.623. The molecule has 0 atom stereocenters. The minimum Gasteiger partial charge on any atom is -0.435 e. The van der Waals surface area contributed by atoms with E-state index in [1.54, 1.807) is 0 Å². The molecule has 0 unspecified atom stereocenters. The number of nitrogens with zero attached hydrogens (tertiary/aromatic N) is 2. The van der Waals surface area contributed by atoms with E-state index < -0.39 is 0 Å². The largest absolute Gasteiger partial charge is 0.435 e. The quantitative estimate of drug-likeness (QED) is 0.174. The maximum atomic E-state index is 6.37. The highest BCUT2D eigenvalue weighted by Gasteiger charge is 2.16. The second kappa shape index (κ2) is 12.7. The summed E-state index contributed by atoms with van der Waals surface area (Å²) in [7, 11) is 0. The van der Waals surface area contributed by atoms with Crippen LogP contribution in [0.2, 0.25) is 0 Å². The maximum Gasteiger partial charge on any atom is 0.227 e. The summed E-state index contributed by atoms with van der Waals surface area (Å²) in [5.41, 5.74) is 12.9. The van der Waals surface area contributed by atoms with Gasteiger partial charge in [0.05, 0.1) is 0 Å². The molecule has 0 aliphatic heterocycles. The zero-order valence-electron chi connectivity index (χ0n) is 27.3. The lowest BCUT2D eigenvalue weighted by atomic mass is 10.00. The second-order valence-corrected chi connectivity index (χ2v) is 12.4. The van der Waals surface area contributed by atoms with Crippen LogP contribution in [0.5, 0.6) is 0 Å². The Hall–Kier alpha value is -6.71. The molecular formula is C47H32N2O. The summed E-state index contributed by atoms with van der Waals surface area (Å²) in [5.74, 6) is 0.635. The van der Waals surface area contributed by atoms with E-state index in [2.05, 4.69) is 163 Å². The minimum absolute atomic E-state index is 0.635. The molecule has 1 heterocycles. The van der Waals surface area contributed by atoms with Gasteiger partial charge in [-0.05, 0) is 99.4 Å². The van der Waals surface area contributed by atoms with Gasteiger partial charge in [0.15, 0.2) is 5.58 Å². The second-order valence-electron chi connectivity index (χ2n) is 12.4. The molecule has 0 aliphatic carbocycles. The van der Waals surface area contributed by atoms with Gasteiger partial charge in [-0.3, -0.25) is 0 Å². The van der Waals surface area contributed by atoms with E-state index in [1.807, 2.05) is 36.4 Å². The van der Waals surface area contributed by atoms with E-state index in [1.165, 1.54) is 22.3 Å². The van der Waals surface area contributed by atoms with Gasteiger partial charge >= 0.3 is 0 Å². The van der Waals surface area contributed by atoms with Crippen LogP contribution in [0.15, 0.2) is 199 Å². The summed E-state index contributed by atoms with van der Waals surface area (Å²) < 4.78 is 6.37. The van der Waals surface area contributed by atoms with Crippen LogP contribution in [0.3, 0.4) is 0 Å². The van der Waals surface area contributed by atoms with Crippen molar-refractivity contribution < 1.29 is 4.42 Å². The van der Waals surface area contributed by atoms with E-state index in [0.717, 1.165) is 55.6 Å². The molecule has 0 N–H and O–H groups in total. The van der Waals surface area contributed by atoms with Crippen LogP contribution >= 0.6 is 0 Å². The Kier molecular flexibility index (Phi) is 7.49. The van der Waals surface area contributed by atoms with Crippen LogP contribution in [-0.2, 0) is 0 Å². The fourth-order valence-electron chi connectivity index (χ4n) is 6.73. The number of aromatic nitrogens is 1. The van der Waals surface area contributed by atoms with Gasteiger partial charge in [0.1, 0.15) is 5.52 Å². The zero-order chi connectivity index (χ0) is 33.3. The van der Waals surface area contributed by atoms with Gasteiger partial charge in [-0.2, -0.15) is 0 Å². The number of fused-ring (bicyclic) bond motifs is 3. The monoisotopic (exact) mass is 640 g/mol. The third-order valence-electron chi connectivity index (χ3n) is 9.30. The number of hydrogen-bond donors (Lipinski definition) is 0. The molecule has 236 valence electrons. The molecule has 0 spiro atoms. The fraction of sp³-hybridized carbons (Fsp3) is 0. The van der Waals surface area contributed by atoms with E-state index in [-0.39, 0.29) is 0 Å². The molecule has 9 rings (SSSR count). The zero-order valence-corrected chi connectivity index (χ0v) is 27.3. The van der Waals surface area contributed by atoms with Crippen molar-refractivity contribution >= 4 is 38.9 Å². The third kappa shape index (κ3) is 5.61. The summed E-state index contributed by atoms with van der Waals surface area (Å²) in [6.07, 6.45) is 0. The van der Waals surface area contributed by atoms with Crippen LogP contribution in [0.1, 0.15) is 0 Å². The molecule has 50 heavy (non-hydrogen) atoms. The molecule has 0 bridgehead atoms. The van der Waals surface area contributed by atoms with Crippen LogP contribution < -0.4 is 4.90 Å². The molecule has 0 saturated carbocycles. The summed E-state index contributed by atoms with van der Waals surface area (Å²) in [6.45, 7) is 0. The number of rotatable bonds is 7. The Morgan fingerprint density at radius 1 is 0.360 bits per heavy atom. The van der Waals surface area contributed by atoms with Gasteiger partial charge in [-0.15, -0.1) is 0 Å². The first-order valence-corrected chi connectivity index (χ1v) is 16.9. The van der Waals surface area contributed by atoms with Gasteiger partial charge in [0.25, 0.3) is 0 Å². The highest BCUT2D eigenvalue weighted by Crippen LogP contribution is 2.39. The Labute approximate surface area is 291 Å². The van der Waals surface area contributed by atoms with E-state index in [0.29, 0.717) is 5.89 Å². The molecule has 3 nitrogen and oxygen atoms in total. The molecule has 0 amide bonds. The van der Waals surface area contributed by atoms with Crippen LogP contribution in [0.4, 0.5) is 17.1 Å². The Morgan fingerprint density at radius 3 is 1.48 bits per heavy atom. The average molecular weight is 641 g/mol. The first-order chi connectivity index (χ1) is 24.8. The van der Waals surface area contributed by atoms with Crippen LogP contribution in [0, 0.1) is 0 Å². The van der Waals surface area contributed by atoms with Gasteiger partial charge < -0.3 is 9.32 Å². The summed E-state index contributed by atoms with van der Waals surface area (Å²) in [5, 5.41) is 2.17. The first kappa shape index (κ1) is 29.4. The number of benzene rings is 8. The molecule has 3 heteroatoms. The van der Waals surface area contributed by atoms with Crippen molar-refractivity contribution in [3.63, 3.8) is 0 Å². The molecule has 0 aliphatic rings. The SMILES string of the molecule is c1ccc(-c2ccc(N(c3ccc(-c4ccc5ccc6nc(-c7ccccc7)oc6c5c4)cc3)c3cccc(-c4ccccc4)c3)cc2)cc1. The fourth-order valence-corrected chi connectivity index (χ4v) is 6.73. The van der Waals surface area contributed by atoms with Gasteiger partial charge in [0, 0.05) is 28.0 Å². The molecule has 0 saturated heterocycles. The Balaban J connectivity index is 1.10. The molecular weight excluding hydrogens is 609 g/mol. The number of hydrogen-bond acceptors (Lipinski definition) is 3. The summed E-state index contributed by atoms with van der Waals surface area (Å²) in [4.78, 5) is 7.13. The van der Waals surface area contributed by atoms with Gasteiger partial charge in [-0.1, -0.05) is 133 Å². The molecule has 9 aromatic rings. The van der Waals surface area contributed by atoms with Crippen molar-refractivity contribution in [1.29, 1.82) is 0 Å². The highest BCUT2D eigenvalue weighted by molar-refractivity contribution is 6.05. The summed E-state index contributed by atoms with van der Waals surface area (Å²) in [6, 6.07) is 68.3. The first-order valence-electron chi connectivity index (χ1n) is 16.9. The number of anilines is 3. The predicted octanol–water partition coefficient (Wildman–Crippen LogP) is 13.1. The van der Waals surface area contributed by atoms with Crippen molar-refractivity contribution in [2.24, 2.45) is 0 Å². The molecule has 0 fully saturated rings. The maximum absolute atomic E-state index is 6.37. The van der Waals surface area contributed by atoms with Crippen molar-refractivity contribution in [3.05, 3.63) is 194 Å². The van der Waals surface area contributed by atoms with E-state index in [9.17, 15) is 0 Å².